The number of nitrogens with one attached hydrogen (secondary N) is 1. The zero-order chi connectivity index (χ0) is 18.6. The van der Waals surface area contributed by atoms with Crippen molar-refractivity contribution in [3.05, 3.63) is 55.4 Å². The molecule has 0 aliphatic carbocycles. The Kier molecular flexibility index (Phi) is 6.95. The van der Waals surface area contributed by atoms with Crippen LogP contribution in [-0.4, -0.2) is 25.6 Å². The molecular formula is C16H11BrCl3NO4. The lowest BCUT2D eigenvalue weighted by Crippen LogP contribution is -2.20. The molecule has 2 rings (SSSR count). The van der Waals surface area contributed by atoms with E-state index in [1.807, 2.05) is 0 Å². The molecule has 2 aromatic carbocycles. The van der Waals surface area contributed by atoms with Gasteiger partial charge in [0.1, 0.15) is 5.75 Å². The van der Waals surface area contributed by atoms with E-state index < -0.39 is 11.9 Å². The minimum absolute atomic E-state index is 0.217. The van der Waals surface area contributed by atoms with Gasteiger partial charge in [-0.1, -0.05) is 34.8 Å². The molecule has 1 N–H and O–H groups in total. The molecule has 0 heterocycles. The van der Waals surface area contributed by atoms with E-state index in [1.165, 1.54) is 31.4 Å². The molecule has 132 valence electrons. The first-order valence-corrected chi connectivity index (χ1v) is 8.69. The van der Waals surface area contributed by atoms with Gasteiger partial charge in [-0.25, -0.2) is 4.79 Å². The van der Waals surface area contributed by atoms with Crippen molar-refractivity contribution in [1.29, 1.82) is 0 Å². The Morgan fingerprint density at radius 2 is 1.76 bits per heavy atom. The summed E-state index contributed by atoms with van der Waals surface area (Å²) in [5, 5.41) is 3.35. The number of carbonyl (C=O) groups is 2. The predicted molar refractivity (Wildman–Crippen MR) is 101 cm³/mol. The third-order valence-corrected chi connectivity index (χ3v) is 4.42. The fraction of sp³-hybridized carbons (Fsp3) is 0.125. The highest BCUT2D eigenvalue weighted by molar-refractivity contribution is 9.10. The van der Waals surface area contributed by atoms with Crippen LogP contribution in [0.5, 0.6) is 5.75 Å². The van der Waals surface area contributed by atoms with Gasteiger partial charge in [0.05, 0.1) is 32.9 Å². The van der Waals surface area contributed by atoms with E-state index in [-0.39, 0.29) is 22.3 Å². The van der Waals surface area contributed by atoms with Gasteiger partial charge >= 0.3 is 5.97 Å². The molecule has 1 amide bonds. The first-order chi connectivity index (χ1) is 11.8. The molecule has 9 heteroatoms. The van der Waals surface area contributed by atoms with Crippen molar-refractivity contribution in [3.63, 3.8) is 0 Å². The van der Waals surface area contributed by atoms with Crippen molar-refractivity contribution < 1.29 is 19.1 Å². The van der Waals surface area contributed by atoms with E-state index in [0.717, 1.165) is 0 Å². The highest BCUT2D eigenvalue weighted by Crippen LogP contribution is 2.33. The fourth-order valence-electron chi connectivity index (χ4n) is 1.84. The maximum Gasteiger partial charge on any atom is 0.337 e. The molecule has 0 aromatic heterocycles. The maximum atomic E-state index is 12.0. The van der Waals surface area contributed by atoms with Gasteiger partial charge in [0.25, 0.3) is 5.91 Å². The molecule has 0 aliphatic heterocycles. The summed E-state index contributed by atoms with van der Waals surface area (Å²) in [6.45, 7) is -0.286. The lowest BCUT2D eigenvalue weighted by atomic mass is 10.2. The van der Waals surface area contributed by atoms with Crippen molar-refractivity contribution >= 4 is 68.3 Å². The molecule has 25 heavy (non-hydrogen) atoms. The number of methoxy groups -OCH3 is 1. The zero-order valence-electron chi connectivity index (χ0n) is 12.7. The normalized spacial score (nSPS) is 10.3. The van der Waals surface area contributed by atoms with Crippen molar-refractivity contribution in [2.45, 2.75) is 0 Å². The summed E-state index contributed by atoms with van der Waals surface area (Å²) in [5.74, 6) is -0.553. The smallest absolute Gasteiger partial charge is 0.337 e. The number of carbonyl (C=O) groups excluding carboxylic acids is 2. The summed E-state index contributed by atoms with van der Waals surface area (Å²) in [6.07, 6.45) is 0. The van der Waals surface area contributed by atoms with Gasteiger partial charge in [0.2, 0.25) is 0 Å². The Balaban J connectivity index is 2.02. The number of hydrogen-bond donors (Lipinski definition) is 1. The topological polar surface area (TPSA) is 64.6 Å². The molecular weight excluding hydrogens is 456 g/mol. The summed E-state index contributed by atoms with van der Waals surface area (Å²) in [7, 11) is 1.29. The monoisotopic (exact) mass is 465 g/mol. The van der Waals surface area contributed by atoms with Crippen LogP contribution in [0.1, 0.15) is 10.4 Å². The van der Waals surface area contributed by atoms with Gasteiger partial charge in [0.15, 0.2) is 6.61 Å². The average Bonchev–Trinajstić information content (AvgIpc) is 2.56. The SMILES string of the molecule is COC(=O)c1ccc(OCC(=O)Nc2c(Cl)cc(Cl)cc2Cl)c(Br)c1. The van der Waals surface area contributed by atoms with Gasteiger partial charge in [-0.15, -0.1) is 0 Å². The van der Waals surface area contributed by atoms with Gasteiger partial charge in [-0.2, -0.15) is 0 Å². The number of hydrogen-bond acceptors (Lipinski definition) is 4. The lowest BCUT2D eigenvalue weighted by molar-refractivity contribution is -0.118. The minimum atomic E-state index is -0.475. The van der Waals surface area contributed by atoms with E-state index in [1.54, 1.807) is 6.07 Å². The van der Waals surface area contributed by atoms with Crippen LogP contribution < -0.4 is 10.1 Å². The highest BCUT2D eigenvalue weighted by Gasteiger charge is 2.13. The molecule has 0 saturated heterocycles. The Morgan fingerprint density at radius 1 is 1.12 bits per heavy atom. The summed E-state index contributed by atoms with van der Waals surface area (Å²) in [6, 6.07) is 7.54. The molecule has 0 radical (unpaired) electrons. The van der Waals surface area contributed by atoms with Crippen molar-refractivity contribution in [1.82, 2.24) is 0 Å². The predicted octanol–water partition coefficient (Wildman–Crippen LogP) is 5.21. The number of benzene rings is 2. The standard InChI is InChI=1S/C16H11BrCl3NO4/c1-24-16(23)8-2-3-13(10(17)4-8)25-7-14(22)21-15-11(19)5-9(18)6-12(15)20/h2-6H,7H2,1H3,(H,21,22). The molecule has 0 fully saturated rings. The van der Waals surface area contributed by atoms with Crippen molar-refractivity contribution in [2.75, 3.05) is 19.0 Å². The van der Waals surface area contributed by atoms with Crippen LogP contribution >= 0.6 is 50.7 Å². The highest BCUT2D eigenvalue weighted by atomic mass is 79.9. The zero-order valence-corrected chi connectivity index (χ0v) is 16.6. The maximum absolute atomic E-state index is 12.0. The van der Waals surface area contributed by atoms with Crippen LogP contribution in [0.3, 0.4) is 0 Å². The third kappa shape index (κ3) is 5.25. The average molecular weight is 468 g/mol. The Labute approximate surface area is 167 Å². The van der Waals surface area contributed by atoms with Gasteiger partial charge in [0, 0.05) is 5.02 Å². The minimum Gasteiger partial charge on any atom is -0.483 e. The quantitative estimate of drug-likeness (QED) is 0.613. The van der Waals surface area contributed by atoms with E-state index in [0.29, 0.717) is 20.8 Å². The molecule has 0 atom stereocenters. The molecule has 0 aliphatic rings. The van der Waals surface area contributed by atoms with E-state index in [2.05, 4.69) is 26.0 Å². The third-order valence-electron chi connectivity index (χ3n) is 2.98. The molecule has 0 bridgehead atoms. The Bertz CT molecular complexity index is 806. The molecule has 2 aromatic rings. The fourth-order valence-corrected chi connectivity index (χ4v) is 3.25. The molecule has 0 spiro atoms. The van der Waals surface area contributed by atoms with Crippen molar-refractivity contribution in [3.8, 4) is 5.75 Å². The van der Waals surface area contributed by atoms with Crippen LogP contribution in [0.2, 0.25) is 15.1 Å². The summed E-state index contributed by atoms with van der Waals surface area (Å²) in [5.41, 5.74) is 0.604. The molecule has 0 saturated carbocycles. The number of amides is 1. The van der Waals surface area contributed by atoms with E-state index in [4.69, 9.17) is 39.5 Å². The number of esters is 1. The summed E-state index contributed by atoms with van der Waals surface area (Å²) in [4.78, 5) is 23.5. The van der Waals surface area contributed by atoms with E-state index in [9.17, 15) is 9.59 Å². The van der Waals surface area contributed by atoms with Gasteiger partial charge in [-0.05, 0) is 46.3 Å². The van der Waals surface area contributed by atoms with Crippen LogP contribution in [0, 0.1) is 0 Å². The molecule has 5 nitrogen and oxygen atoms in total. The van der Waals surface area contributed by atoms with Crippen LogP contribution in [-0.2, 0) is 9.53 Å². The second kappa shape index (κ2) is 8.76. The van der Waals surface area contributed by atoms with Crippen LogP contribution in [0.15, 0.2) is 34.8 Å². The summed E-state index contributed by atoms with van der Waals surface area (Å²) >= 11 is 21.1. The molecule has 0 unspecified atom stereocenters. The number of anilines is 1. The lowest BCUT2D eigenvalue weighted by Gasteiger charge is -2.12. The first kappa shape index (κ1) is 19.8. The van der Waals surface area contributed by atoms with Crippen LogP contribution in [0.4, 0.5) is 5.69 Å². The van der Waals surface area contributed by atoms with Crippen LogP contribution in [0.25, 0.3) is 0 Å². The Morgan fingerprint density at radius 3 is 2.32 bits per heavy atom. The number of halogens is 4. The Hall–Kier alpha value is -1.47. The number of rotatable bonds is 5. The second-order valence-corrected chi connectivity index (χ2v) is 6.82. The summed E-state index contributed by atoms with van der Waals surface area (Å²) < 4.78 is 10.6. The second-order valence-electron chi connectivity index (χ2n) is 4.72. The largest absolute Gasteiger partial charge is 0.483 e. The van der Waals surface area contributed by atoms with Gasteiger partial charge in [-0.3, -0.25) is 4.79 Å². The van der Waals surface area contributed by atoms with E-state index >= 15 is 0 Å². The van der Waals surface area contributed by atoms with Gasteiger partial charge < -0.3 is 14.8 Å². The number of ether oxygens (including phenoxy) is 2. The van der Waals surface area contributed by atoms with Crippen molar-refractivity contribution in [2.24, 2.45) is 0 Å². The first-order valence-electron chi connectivity index (χ1n) is 6.77.